The van der Waals surface area contributed by atoms with Crippen molar-refractivity contribution in [2.24, 2.45) is 0 Å². The summed E-state index contributed by atoms with van der Waals surface area (Å²) in [4.78, 5) is 33.4. The molecule has 0 saturated carbocycles. The molecule has 0 aliphatic carbocycles. The third kappa shape index (κ3) is 5.09. The number of nitrogens with one attached hydrogen (secondary N) is 2. The second-order valence-electron chi connectivity index (χ2n) is 7.96. The van der Waals surface area contributed by atoms with Gasteiger partial charge >= 0.3 is 6.03 Å². The number of urea groups is 1. The summed E-state index contributed by atoms with van der Waals surface area (Å²) in [7, 11) is 0. The first-order valence-electron chi connectivity index (χ1n) is 10.8. The Labute approximate surface area is 177 Å². The van der Waals surface area contributed by atoms with Gasteiger partial charge in [0.1, 0.15) is 5.82 Å². The summed E-state index contributed by atoms with van der Waals surface area (Å²) in [5.74, 6) is 1.10. The van der Waals surface area contributed by atoms with Crippen LogP contribution in [0.5, 0.6) is 0 Å². The van der Waals surface area contributed by atoms with Gasteiger partial charge in [-0.05, 0) is 43.4 Å². The first kappa shape index (κ1) is 20.2. The molecule has 1 atom stereocenters. The van der Waals surface area contributed by atoms with E-state index < -0.39 is 0 Å². The van der Waals surface area contributed by atoms with Gasteiger partial charge < -0.3 is 20.4 Å². The number of hydrogen-bond acceptors (Lipinski definition) is 4. The van der Waals surface area contributed by atoms with Crippen molar-refractivity contribution >= 4 is 23.4 Å². The zero-order valence-corrected chi connectivity index (χ0v) is 17.2. The van der Waals surface area contributed by atoms with Gasteiger partial charge in [-0.25, -0.2) is 9.78 Å². The monoisotopic (exact) mass is 407 g/mol. The number of nitrogens with zero attached hydrogens (tertiary/aromatic N) is 3. The van der Waals surface area contributed by atoms with Crippen LogP contribution in [0.3, 0.4) is 0 Å². The lowest BCUT2D eigenvalue weighted by Gasteiger charge is -2.27. The number of hydrogen-bond donors (Lipinski definition) is 2. The van der Waals surface area contributed by atoms with Crippen LogP contribution in [0.15, 0.2) is 48.7 Å². The molecule has 158 valence electrons. The minimum absolute atomic E-state index is 0.149. The van der Waals surface area contributed by atoms with Gasteiger partial charge in [0.05, 0.1) is 17.9 Å². The fourth-order valence-corrected chi connectivity index (χ4v) is 4.13. The van der Waals surface area contributed by atoms with E-state index in [4.69, 9.17) is 0 Å². The molecule has 2 aliphatic rings. The summed E-state index contributed by atoms with van der Waals surface area (Å²) in [5.41, 5.74) is 1.63. The van der Waals surface area contributed by atoms with E-state index >= 15 is 0 Å². The Kier molecular flexibility index (Phi) is 6.47. The maximum Gasteiger partial charge on any atom is 0.319 e. The van der Waals surface area contributed by atoms with Crippen molar-refractivity contribution in [1.82, 2.24) is 15.2 Å². The molecular formula is C23H29N5O2. The van der Waals surface area contributed by atoms with Gasteiger partial charge in [-0.1, -0.05) is 30.3 Å². The zero-order chi connectivity index (χ0) is 20.8. The molecule has 7 nitrogen and oxygen atoms in total. The van der Waals surface area contributed by atoms with Crippen molar-refractivity contribution in [3.63, 3.8) is 0 Å². The van der Waals surface area contributed by atoms with Crippen molar-refractivity contribution in [2.45, 2.75) is 38.1 Å². The number of carbonyl (C=O) groups is 2. The molecule has 2 N–H and O–H groups in total. The number of amides is 3. The molecule has 2 aromatic rings. The Morgan fingerprint density at radius 1 is 1.00 bits per heavy atom. The lowest BCUT2D eigenvalue weighted by Crippen LogP contribution is -2.40. The number of aromatic nitrogens is 1. The number of carbonyl (C=O) groups excluding carboxylic acids is 2. The van der Waals surface area contributed by atoms with E-state index in [0.29, 0.717) is 18.7 Å². The van der Waals surface area contributed by atoms with Crippen LogP contribution in [0.25, 0.3) is 0 Å². The summed E-state index contributed by atoms with van der Waals surface area (Å²) in [6.45, 7) is 3.29. The molecule has 7 heteroatoms. The molecule has 0 spiro atoms. The molecule has 3 amide bonds. The van der Waals surface area contributed by atoms with Crippen LogP contribution in [-0.2, 0) is 4.79 Å². The molecule has 2 fully saturated rings. The largest absolute Gasteiger partial charge is 0.357 e. The van der Waals surface area contributed by atoms with Crippen molar-refractivity contribution < 1.29 is 9.59 Å². The number of anilines is 2. The number of piperidine rings is 1. The normalized spacial score (nSPS) is 17.7. The lowest BCUT2D eigenvalue weighted by atomic mass is 10.1. The molecule has 2 aliphatic heterocycles. The standard InChI is InChI=1S/C23H29N5O2/c29-22-10-7-15-28(22)17-20(18-8-3-1-4-9-18)26-23(30)25-19-11-12-21(24-16-19)27-13-5-2-6-14-27/h1,3-4,8-9,11-12,16,20H,2,5-7,10,13-15,17H2,(H2,25,26,30)/t20-/m0/s1. The van der Waals surface area contributed by atoms with E-state index in [1.807, 2.05) is 47.4 Å². The van der Waals surface area contributed by atoms with E-state index in [-0.39, 0.29) is 18.0 Å². The SMILES string of the molecule is O=C(Nc1ccc(N2CCCCC2)nc1)N[C@@H](CN1CCCC1=O)c1ccccc1. The number of rotatable bonds is 6. The molecule has 0 bridgehead atoms. The lowest BCUT2D eigenvalue weighted by molar-refractivity contribution is -0.128. The highest BCUT2D eigenvalue weighted by molar-refractivity contribution is 5.89. The molecule has 4 rings (SSSR count). The van der Waals surface area contributed by atoms with Gasteiger partial charge in [0.2, 0.25) is 5.91 Å². The molecule has 1 aromatic heterocycles. The minimum Gasteiger partial charge on any atom is -0.357 e. The van der Waals surface area contributed by atoms with E-state index in [1.54, 1.807) is 6.20 Å². The second kappa shape index (κ2) is 9.61. The summed E-state index contributed by atoms with van der Waals surface area (Å²) >= 11 is 0. The maximum absolute atomic E-state index is 12.7. The molecule has 0 radical (unpaired) electrons. The van der Waals surface area contributed by atoms with E-state index in [2.05, 4.69) is 20.5 Å². The fourth-order valence-electron chi connectivity index (χ4n) is 4.13. The van der Waals surface area contributed by atoms with E-state index in [0.717, 1.165) is 37.4 Å². The Bertz CT molecular complexity index is 850. The quantitative estimate of drug-likeness (QED) is 0.768. The highest BCUT2D eigenvalue weighted by atomic mass is 16.2. The van der Waals surface area contributed by atoms with Gasteiger partial charge in [-0.3, -0.25) is 4.79 Å². The van der Waals surface area contributed by atoms with E-state index in [1.165, 1.54) is 19.3 Å². The van der Waals surface area contributed by atoms with Crippen LogP contribution < -0.4 is 15.5 Å². The van der Waals surface area contributed by atoms with Crippen molar-refractivity contribution in [1.29, 1.82) is 0 Å². The van der Waals surface area contributed by atoms with Crippen LogP contribution in [0.1, 0.15) is 43.7 Å². The average molecular weight is 408 g/mol. The summed E-state index contributed by atoms with van der Waals surface area (Å²) in [6, 6.07) is 13.0. The summed E-state index contributed by atoms with van der Waals surface area (Å²) in [6.07, 6.45) is 6.84. The van der Waals surface area contributed by atoms with Crippen LogP contribution in [0, 0.1) is 0 Å². The second-order valence-corrected chi connectivity index (χ2v) is 7.96. The molecule has 3 heterocycles. The van der Waals surface area contributed by atoms with Gasteiger partial charge in [0.25, 0.3) is 0 Å². The Morgan fingerprint density at radius 3 is 2.47 bits per heavy atom. The predicted octanol–water partition coefficient (Wildman–Crippen LogP) is 3.56. The van der Waals surface area contributed by atoms with E-state index in [9.17, 15) is 9.59 Å². The fraction of sp³-hybridized carbons (Fsp3) is 0.435. The van der Waals surface area contributed by atoms with Crippen molar-refractivity contribution in [2.75, 3.05) is 36.4 Å². The van der Waals surface area contributed by atoms with Crippen molar-refractivity contribution in [3.05, 3.63) is 54.2 Å². The Balaban J connectivity index is 1.39. The minimum atomic E-state index is -0.303. The van der Waals surface area contributed by atoms with Crippen LogP contribution in [0.4, 0.5) is 16.3 Å². The van der Waals surface area contributed by atoms with Gasteiger partial charge in [-0.2, -0.15) is 0 Å². The number of benzene rings is 1. The third-order valence-electron chi connectivity index (χ3n) is 5.77. The molecule has 1 aromatic carbocycles. The Morgan fingerprint density at radius 2 is 1.80 bits per heavy atom. The van der Waals surface area contributed by atoms with Crippen LogP contribution in [0.2, 0.25) is 0 Å². The predicted molar refractivity (Wildman–Crippen MR) is 117 cm³/mol. The summed E-state index contributed by atoms with van der Waals surface area (Å²) in [5, 5.41) is 5.90. The molecule has 2 saturated heterocycles. The first-order valence-corrected chi connectivity index (χ1v) is 10.8. The number of pyridine rings is 1. The average Bonchev–Trinajstić information content (AvgIpc) is 3.19. The smallest absolute Gasteiger partial charge is 0.319 e. The van der Waals surface area contributed by atoms with Gasteiger partial charge in [-0.15, -0.1) is 0 Å². The maximum atomic E-state index is 12.7. The third-order valence-corrected chi connectivity index (χ3v) is 5.77. The van der Waals surface area contributed by atoms with Crippen LogP contribution in [-0.4, -0.2) is 48.0 Å². The van der Waals surface area contributed by atoms with Crippen molar-refractivity contribution in [3.8, 4) is 0 Å². The van der Waals surface area contributed by atoms with Gasteiger partial charge in [0.15, 0.2) is 0 Å². The molecular weight excluding hydrogens is 378 g/mol. The molecule has 30 heavy (non-hydrogen) atoms. The molecule has 0 unspecified atom stereocenters. The topological polar surface area (TPSA) is 77.6 Å². The summed E-state index contributed by atoms with van der Waals surface area (Å²) < 4.78 is 0. The zero-order valence-electron chi connectivity index (χ0n) is 17.2. The van der Waals surface area contributed by atoms with Gasteiger partial charge in [0, 0.05) is 32.6 Å². The number of likely N-dealkylation sites (tertiary alicyclic amines) is 1. The highest BCUT2D eigenvalue weighted by Gasteiger charge is 2.25. The Hall–Kier alpha value is -3.09. The van der Waals surface area contributed by atoms with Crippen LogP contribution >= 0.6 is 0 Å². The first-order chi connectivity index (χ1) is 14.7. The highest BCUT2D eigenvalue weighted by Crippen LogP contribution is 2.20.